The Morgan fingerprint density at radius 1 is 1.24 bits per heavy atom. The highest BCUT2D eigenvalue weighted by atomic mass is 35.5. The number of piperazine rings is 1. The fraction of sp³-hybridized carbons (Fsp3) is 0.273. The summed E-state index contributed by atoms with van der Waals surface area (Å²) in [5.41, 5.74) is -0.810. The van der Waals surface area contributed by atoms with Crippen LogP contribution in [-0.2, 0) is 22.4 Å². The number of hydrogen-bond donors (Lipinski definition) is 3. The summed E-state index contributed by atoms with van der Waals surface area (Å²) in [5, 5.41) is 33.0. The fourth-order valence-electron chi connectivity index (χ4n) is 4.27. The topological polar surface area (TPSA) is 140 Å². The van der Waals surface area contributed by atoms with Gasteiger partial charge in [-0.2, -0.15) is 0 Å². The van der Waals surface area contributed by atoms with E-state index < -0.39 is 28.5 Å². The molecule has 1 fully saturated rings. The zero-order chi connectivity index (χ0) is 24.1. The second kappa shape index (κ2) is 8.05. The van der Waals surface area contributed by atoms with E-state index in [0.717, 1.165) is 9.80 Å². The van der Waals surface area contributed by atoms with E-state index in [-0.39, 0.29) is 29.3 Å². The Kier molecular flexibility index (Phi) is 5.51. The second-order valence-electron chi connectivity index (χ2n) is 8.08. The highest BCUT2D eigenvalue weighted by Gasteiger charge is 2.53. The first-order valence-electron chi connectivity index (χ1n) is 10.0. The van der Waals surface area contributed by atoms with Crippen molar-refractivity contribution in [3.05, 3.63) is 68.9 Å². The van der Waals surface area contributed by atoms with Crippen molar-refractivity contribution in [2.75, 3.05) is 14.1 Å². The SMILES string of the molecule is CN1C(=O)[C@](O)(Cc2ccc(Cl)c(O)c2)N(C)C(=O)[C@@H]1Cc1c[nH]c2cccc([N+](=O)[O-])c12. The molecular formula is C22H21ClN4O6. The first-order chi connectivity index (χ1) is 15.5. The second-order valence-corrected chi connectivity index (χ2v) is 8.49. The summed E-state index contributed by atoms with van der Waals surface area (Å²) in [6.45, 7) is 0. The number of carbonyl (C=O) groups is 2. The Balaban J connectivity index is 1.66. The molecule has 1 aliphatic rings. The fourth-order valence-corrected chi connectivity index (χ4v) is 4.38. The zero-order valence-electron chi connectivity index (χ0n) is 17.8. The van der Waals surface area contributed by atoms with Gasteiger partial charge in [0, 0.05) is 39.2 Å². The smallest absolute Gasteiger partial charge is 0.279 e. The maximum Gasteiger partial charge on any atom is 0.279 e. The van der Waals surface area contributed by atoms with Gasteiger partial charge in [0.2, 0.25) is 11.6 Å². The Labute approximate surface area is 193 Å². The number of phenolic OH excluding ortho intramolecular Hbond substituents is 1. The number of aromatic hydroxyl groups is 1. The summed E-state index contributed by atoms with van der Waals surface area (Å²) >= 11 is 5.82. The number of benzene rings is 2. The lowest BCUT2D eigenvalue weighted by atomic mass is 9.92. The van der Waals surface area contributed by atoms with Crippen LogP contribution in [0.2, 0.25) is 5.02 Å². The van der Waals surface area contributed by atoms with Gasteiger partial charge in [-0.25, -0.2) is 0 Å². The van der Waals surface area contributed by atoms with Gasteiger partial charge in [0.1, 0.15) is 11.8 Å². The van der Waals surface area contributed by atoms with Crippen molar-refractivity contribution in [2.24, 2.45) is 0 Å². The predicted octanol–water partition coefficient (Wildman–Crippen LogP) is 2.21. The molecule has 0 saturated carbocycles. The minimum atomic E-state index is -2.17. The van der Waals surface area contributed by atoms with Crippen LogP contribution in [0.1, 0.15) is 11.1 Å². The maximum absolute atomic E-state index is 13.2. The summed E-state index contributed by atoms with van der Waals surface area (Å²) in [4.78, 5) is 42.6. The number of carbonyl (C=O) groups excluding carboxylic acids is 2. The standard InChI is InChI=1S/C22H21ClN4O6/c1-25-17(9-13-11-24-15-4-3-5-16(19(13)15)27(32)33)20(29)26(2)22(31,21(25)30)10-12-6-7-14(23)18(28)8-12/h3-8,11,17,24,28,31H,9-10H2,1-2H3/t17-,22+/m0/s1. The van der Waals surface area contributed by atoms with Crippen molar-refractivity contribution in [2.45, 2.75) is 24.6 Å². The lowest BCUT2D eigenvalue weighted by Crippen LogP contribution is -2.70. The molecule has 4 rings (SSSR count). The number of nitro benzene ring substituents is 1. The number of nitrogens with one attached hydrogen (secondary N) is 1. The third-order valence-corrected chi connectivity index (χ3v) is 6.46. The number of non-ortho nitro benzene ring substituents is 1. The van der Waals surface area contributed by atoms with Gasteiger partial charge in [0.15, 0.2) is 0 Å². The van der Waals surface area contributed by atoms with E-state index in [0.29, 0.717) is 22.0 Å². The molecule has 0 aliphatic carbocycles. The molecule has 2 amide bonds. The molecule has 0 unspecified atom stereocenters. The van der Waals surface area contributed by atoms with Crippen LogP contribution >= 0.6 is 11.6 Å². The van der Waals surface area contributed by atoms with Gasteiger partial charge in [-0.1, -0.05) is 23.7 Å². The number of H-pyrrole nitrogens is 1. The van der Waals surface area contributed by atoms with Crippen LogP contribution in [0, 0.1) is 10.1 Å². The number of hydrogen-bond acceptors (Lipinski definition) is 6. The Bertz CT molecular complexity index is 1290. The number of phenols is 1. The predicted molar refractivity (Wildman–Crippen MR) is 120 cm³/mol. The van der Waals surface area contributed by atoms with Crippen molar-refractivity contribution < 1.29 is 24.7 Å². The Morgan fingerprint density at radius 2 is 1.97 bits per heavy atom. The average molecular weight is 473 g/mol. The lowest BCUT2D eigenvalue weighted by Gasteiger charge is -2.47. The quantitative estimate of drug-likeness (QED) is 0.384. The molecule has 0 bridgehead atoms. The molecule has 3 N–H and O–H groups in total. The number of aliphatic hydroxyl groups is 1. The van der Waals surface area contributed by atoms with E-state index >= 15 is 0 Å². The number of amides is 2. The molecule has 33 heavy (non-hydrogen) atoms. The number of nitro groups is 1. The summed E-state index contributed by atoms with van der Waals surface area (Å²) in [6, 6.07) is 7.96. The van der Waals surface area contributed by atoms with E-state index in [9.17, 15) is 29.9 Å². The lowest BCUT2D eigenvalue weighted by molar-refractivity contribution is -0.383. The van der Waals surface area contributed by atoms with E-state index in [2.05, 4.69) is 4.98 Å². The molecule has 1 aromatic heterocycles. The normalized spacial score (nSPS) is 21.2. The molecule has 2 aromatic carbocycles. The molecule has 0 radical (unpaired) electrons. The Hall–Kier alpha value is -3.63. The molecule has 10 nitrogen and oxygen atoms in total. The van der Waals surface area contributed by atoms with Gasteiger partial charge in [-0.15, -0.1) is 0 Å². The van der Waals surface area contributed by atoms with Crippen molar-refractivity contribution in [3.63, 3.8) is 0 Å². The molecule has 2 atom stereocenters. The van der Waals surface area contributed by atoms with Crippen LogP contribution in [0.25, 0.3) is 10.9 Å². The number of aromatic nitrogens is 1. The van der Waals surface area contributed by atoms with Gasteiger partial charge >= 0.3 is 0 Å². The number of rotatable bonds is 5. The number of nitrogens with zero attached hydrogens (tertiary/aromatic N) is 3. The van der Waals surface area contributed by atoms with Gasteiger partial charge < -0.3 is 25.0 Å². The summed E-state index contributed by atoms with van der Waals surface area (Å²) in [7, 11) is 2.74. The van der Waals surface area contributed by atoms with Crippen LogP contribution in [0.3, 0.4) is 0 Å². The minimum absolute atomic E-state index is 0.0219. The first-order valence-corrected chi connectivity index (χ1v) is 10.4. The van der Waals surface area contributed by atoms with Gasteiger partial charge in [-0.3, -0.25) is 19.7 Å². The summed E-state index contributed by atoms with van der Waals surface area (Å²) in [5.74, 6) is -1.44. The third-order valence-electron chi connectivity index (χ3n) is 6.14. The van der Waals surface area contributed by atoms with Crippen LogP contribution in [0.4, 0.5) is 5.69 Å². The molecular weight excluding hydrogens is 452 g/mol. The number of likely N-dealkylation sites (N-methyl/N-ethyl adjacent to an activating group) is 2. The number of aromatic amines is 1. The Morgan fingerprint density at radius 3 is 2.64 bits per heavy atom. The van der Waals surface area contributed by atoms with Crippen molar-refractivity contribution in [1.29, 1.82) is 0 Å². The highest BCUT2D eigenvalue weighted by molar-refractivity contribution is 6.32. The van der Waals surface area contributed by atoms with E-state index in [1.807, 2.05) is 0 Å². The van der Waals surface area contributed by atoms with Crippen LogP contribution in [0.5, 0.6) is 5.75 Å². The minimum Gasteiger partial charge on any atom is -0.506 e. The van der Waals surface area contributed by atoms with Crippen molar-refractivity contribution >= 4 is 40.0 Å². The van der Waals surface area contributed by atoms with Crippen molar-refractivity contribution in [3.8, 4) is 5.75 Å². The average Bonchev–Trinajstić information content (AvgIpc) is 3.20. The van der Waals surface area contributed by atoms with Crippen LogP contribution in [0.15, 0.2) is 42.6 Å². The zero-order valence-corrected chi connectivity index (χ0v) is 18.5. The first kappa shape index (κ1) is 22.6. The van der Waals surface area contributed by atoms with Crippen LogP contribution < -0.4 is 0 Å². The largest absolute Gasteiger partial charge is 0.506 e. The van der Waals surface area contributed by atoms with Gasteiger partial charge in [-0.05, 0) is 29.3 Å². The molecule has 3 aromatic rings. The third kappa shape index (κ3) is 3.66. The number of fused-ring (bicyclic) bond motifs is 1. The summed E-state index contributed by atoms with van der Waals surface area (Å²) < 4.78 is 0. The highest BCUT2D eigenvalue weighted by Crippen LogP contribution is 2.34. The summed E-state index contributed by atoms with van der Waals surface area (Å²) in [6.07, 6.45) is 1.35. The molecule has 0 spiro atoms. The number of halogens is 1. The molecule has 172 valence electrons. The van der Waals surface area contributed by atoms with Crippen LogP contribution in [-0.4, -0.2) is 67.6 Å². The van der Waals surface area contributed by atoms with E-state index in [4.69, 9.17) is 11.6 Å². The van der Waals surface area contributed by atoms with Gasteiger partial charge in [0.25, 0.3) is 11.6 Å². The molecule has 1 aliphatic heterocycles. The molecule has 11 heteroatoms. The van der Waals surface area contributed by atoms with Gasteiger partial charge in [0.05, 0.1) is 20.8 Å². The van der Waals surface area contributed by atoms with E-state index in [1.165, 1.54) is 32.3 Å². The maximum atomic E-state index is 13.2. The molecule has 2 heterocycles. The molecule has 1 saturated heterocycles. The monoisotopic (exact) mass is 472 g/mol. The van der Waals surface area contributed by atoms with E-state index in [1.54, 1.807) is 24.4 Å². The van der Waals surface area contributed by atoms with Crippen molar-refractivity contribution in [1.82, 2.24) is 14.8 Å².